The van der Waals surface area contributed by atoms with Gasteiger partial charge in [-0.3, -0.25) is 0 Å². The first-order chi connectivity index (χ1) is 10.9. The molecule has 6 nitrogen and oxygen atoms in total. The molecule has 0 N–H and O–H groups in total. The van der Waals surface area contributed by atoms with Crippen LogP contribution < -0.4 is 0 Å². The maximum Gasteiger partial charge on any atom is 0.268 e. The molecule has 0 aliphatic rings. The normalized spacial score (nSPS) is 14.7. The zero-order valence-electron chi connectivity index (χ0n) is 15.6. The summed E-state index contributed by atoms with van der Waals surface area (Å²) in [5.74, 6) is 0. The maximum atomic E-state index is 13.1. The van der Waals surface area contributed by atoms with Gasteiger partial charge in [0, 0.05) is 0 Å². The third-order valence-electron chi connectivity index (χ3n) is 3.82. The van der Waals surface area contributed by atoms with E-state index in [1.165, 1.54) is 65.8 Å². The first-order valence-corrected chi connectivity index (χ1v) is 12.3. The number of hydrogen-bond donors (Lipinski definition) is 0. The third-order valence-corrected chi connectivity index (χ3v) is 14.2. The second kappa shape index (κ2) is 6.35. The van der Waals surface area contributed by atoms with Gasteiger partial charge in [0.05, 0.1) is 14.4 Å². The predicted octanol–water partition coefficient (Wildman–Crippen LogP) is 2.48. The van der Waals surface area contributed by atoms with Gasteiger partial charge in [0.15, 0.2) is 19.7 Å². The van der Waals surface area contributed by atoms with E-state index in [1.54, 1.807) is 6.92 Å². The van der Waals surface area contributed by atoms with Gasteiger partial charge in [-0.25, -0.2) is 25.3 Å². The molecule has 0 bridgehead atoms. The van der Waals surface area contributed by atoms with E-state index < -0.39 is 42.9 Å². The summed E-state index contributed by atoms with van der Waals surface area (Å²) in [5.41, 5.74) is 0.771. The van der Waals surface area contributed by atoms with Gasteiger partial charge in [0.1, 0.15) is 0 Å². The third kappa shape index (κ3) is 3.93. The molecule has 9 heteroatoms. The first-order valence-electron chi connectivity index (χ1n) is 7.64. The highest BCUT2D eigenvalue weighted by molar-refractivity contribution is 8.24. The summed E-state index contributed by atoms with van der Waals surface area (Å²) in [4.78, 5) is -0.330. The topological polar surface area (TPSA) is 102 Å². The molecule has 1 rings (SSSR count). The zero-order valence-corrected chi connectivity index (χ0v) is 18.0. The van der Waals surface area contributed by atoms with Crippen LogP contribution in [-0.4, -0.2) is 38.7 Å². The first kappa shape index (κ1) is 22.1. The molecule has 0 saturated carbocycles. The number of hydrogen-bond acceptors (Lipinski definition) is 6. The van der Waals surface area contributed by atoms with Gasteiger partial charge in [-0.2, -0.15) is 0 Å². The Morgan fingerprint density at radius 1 is 0.680 bits per heavy atom. The van der Waals surface area contributed by atoms with E-state index in [4.69, 9.17) is 0 Å². The molecule has 0 aromatic heterocycles. The molecule has 1 aromatic carbocycles. The molecule has 144 valence electrons. The van der Waals surface area contributed by atoms with E-state index in [-0.39, 0.29) is 4.90 Å². The summed E-state index contributed by atoms with van der Waals surface area (Å²) < 4.78 is 72.4. The molecule has 0 saturated heterocycles. The second-order valence-corrected chi connectivity index (χ2v) is 16.5. The minimum Gasteiger partial charge on any atom is -0.226 e. The SMILES string of the molecule is Cc1ccc(S(=O)(=O)C(S(=O)(=O)C(C)(C)C)S(=O)(=O)C(C)(C)C)cc1. The van der Waals surface area contributed by atoms with Crippen molar-refractivity contribution in [3.63, 3.8) is 0 Å². The lowest BCUT2D eigenvalue weighted by Crippen LogP contribution is -2.51. The molecule has 0 spiro atoms. The number of rotatable bonds is 4. The Bertz CT molecular complexity index is 896. The summed E-state index contributed by atoms with van der Waals surface area (Å²) in [6.07, 6.45) is 0. The largest absolute Gasteiger partial charge is 0.268 e. The Kier molecular flexibility index (Phi) is 5.62. The molecular weight excluding hydrogens is 384 g/mol. The van der Waals surface area contributed by atoms with Crippen molar-refractivity contribution in [3.8, 4) is 0 Å². The van der Waals surface area contributed by atoms with Gasteiger partial charge in [-0.15, -0.1) is 0 Å². The van der Waals surface area contributed by atoms with Crippen molar-refractivity contribution in [2.24, 2.45) is 0 Å². The summed E-state index contributed by atoms with van der Waals surface area (Å²) >= 11 is 0. The molecule has 0 aliphatic carbocycles. The molecule has 0 aliphatic heterocycles. The average molecular weight is 411 g/mol. The fourth-order valence-electron chi connectivity index (χ4n) is 1.92. The van der Waals surface area contributed by atoms with Gasteiger partial charge in [0.2, 0.25) is 9.84 Å². The van der Waals surface area contributed by atoms with Crippen molar-refractivity contribution < 1.29 is 25.3 Å². The second-order valence-electron chi connectivity index (χ2n) is 7.96. The molecule has 25 heavy (non-hydrogen) atoms. The van der Waals surface area contributed by atoms with E-state index in [1.807, 2.05) is 0 Å². The van der Waals surface area contributed by atoms with Crippen LogP contribution in [0.1, 0.15) is 47.1 Å². The van der Waals surface area contributed by atoms with E-state index in [0.29, 0.717) is 0 Å². The Labute approximate surface area is 151 Å². The van der Waals surface area contributed by atoms with E-state index in [2.05, 4.69) is 0 Å². The Morgan fingerprint density at radius 2 is 1.00 bits per heavy atom. The van der Waals surface area contributed by atoms with E-state index in [9.17, 15) is 25.3 Å². The van der Waals surface area contributed by atoms with Crippen molar-refractivity contribution >= 4 is 29.5 Å². The van der Waals surface area contributed by atoms with Crippen LogP contribution in [0.2, 0.25) is 0 Å². The minimum absolute atomic E-state index is 0.330. The van der Waals surface area contributed by atoms with Gasteiger partial charge in [-0.1, -0.05) is 17.7 Å². The summed E-state index contributed by atoms with van der Waals surface area (Å²) in [6.45, 7) is 9.48. The van der Waals surface area contributed by atoms with Crippen molar-refractivity contribution in [2.45, 2.75) is 66.8 Å². The fraction of sp³-hybridized carbons (Fsp3) is 0.625. The molecular formula is C16H26O6S3. The average Bonchev–Trinajstić information content (AvgIpc) is 2.35. The predicted molar refractivity (Wildman–Crippen MR) is 99.5 cm³/mol. The number of sulfone groups is 3. The van der Waals surface area contributed by atoms with Crippen LogP contribution >= 0.6 is 0 Å². The molecule has 0 heterocycles. The quantitative estimate of drug-likeness (QED) is 0.755. The summed E-state index contributed by atoms with van der Waals surface area (Å²) in [6, 6.07) is 5.46. The molecule has 0 unspecified atom stereocenters. The lowest BCUT2D eigenvalue weighted by molar-refractivity contribution is 0.540. The van der Waals surface area contributed by atoms with Crippen LogP contribution in [0, 0.1) is 6.92 Å². The van der Waals surface area contributed by atoms with Crippen LogP contribution in [0.15, 0.2) is 29.2 Å². The smallest absolute Gasteiger partial charge is 0.226 e. The molecule has 0 amide bonds. The van der Waals surface area contributed by atoms with E-state index in [0.717, 1.165) is 5.56 Å². The van der Waals surface area contributed by atoms with Crippen molar-refractivity contribution in [1.82, 2.24) is 0 Å². The monoisotopic (exact) mass is 410 g/mol. The van der Waals surface area contributed by atoms with Crippen LogP contribution in [0.25, 0.3) is 0 Å². The van der Waals surface area contributed by atoms with Gasteiger partial charge in [-0.05, 0) is 60.6 Å². The minimum atomic E-state index is -4.68. The van der Waals surface area contributed by atoms with Gasteiger partial charge >= 0.3 is 0 Å². The van der Waals surface area contributed by atoms with Gasteiger partial charge < -0.3 is 0 Å². The standard InChI is InChI=1S/C16H26O6S3/c1-12-8-10-13(11-9-12)23(17,18)14(24(19,20)15(2,3)4)25(21,22)16(5,6)7/h8-11,14H,1-7H3. The molecule has 1 aromatic rings. The fourth-order valence-corrected chi connectivity index (χ4v) is 11.9. The van der Waals surface area contributed by atoms with Crippen LogP contribution in [0.4, 0.5) is 0 Å². The molecule has 0 fully saturated rings. The lowest BCUT2D eigenvalue weighted by atomic mass is 10.2. The highest BCUT2D eigenvalue weighted by Gasteiger charge is 2.56. The molecule has 0 radical (unpaired) electrons. The van der Waals surface area contributed by atoms with Crippen LogP contribution in [0.5, 0.6) is 0 Å². The highest BCUT2D eigenvalue weighted by atomic mass is 32.3. The number of aryl methyl sites for hydroxylation is 1. The summed E-state index contributed by atoms with van der Waals surface area (Å²) in [7, 11) is -13.8. The Balaban J connectivity index is 3.91. The Morgan fingerprint density at radius 3 is 1.28 bits per heavy atom. The lowest BCUT2D eigenvalue weighted by Gasteiger charge is -2.31. The highest BCUT2D eigenvalue weighted by Crippen LogP contribution is 2.36. The van der Waals surface area contributed by atoms with Crippen molar-refractivity contribution in [1.29, 1.82) is 0 Å². The zero-order chi connectivity index (χ0) is 20.1. The summed E-state index contributed by atoms with van der Waals surface area (Å²) in [5, 5.41) is 0. The van der Waals surface area contributed by atoms with E-state index >= 15 is 0 Å². The van der Waals surface area contributed by atoms with Crippen LogP contribution in [-0.2, 0) is 29.5 Å². The van der Waals surface area contributed by atoms with Gasteiger partial charge in [0.25, 0.3) is 3.91 Å². The maximum absolute atomic E-state index is 13.1. The van der Waals surface area contributed by atoms with Crippen molar-refractivity contribution in [3.05, 3.63) is 29.8 Å². The van der Waals surface area contributed by atoms with Crippen LogP contribution in [0.3, 0.4) is 0 Å². The Hall–Kier alpha value is -0.930. The molecule has 0 atom stereocenters. The number of benzene rings is 1. The van der Waals surface area contributed by atoms with Crippen molar-refractivity contribution in [2.75, 3.05) is 0 Å².